The average Bonchev–Trinajstić information content (AvgIpc) is 2.96. The molecule has 0 spiro atoms. The van der Waals surface area contributed by atoms with Crippen molar-refractivity contribution in [3.63, 3.8) is 0 Å². The molecule has 0 aliphatic carbocycles. The Labute approximate surface area is 235 Å². The van der Waals surface area contributed by atoms with Crippen molar-refractivity contribution in [3.8, 4) is 0 Å². The fraction of sp³-hybridized carbons (Fsp3) is 0.885. The zero-order valence-electron chi connectivity index (χ0n) is 23.4. The fourth-order valence-electron chi connectivity index (χ4n) is 3.11. The molecule has 1 unspecified atom stereocenters. The van der Waals surface area contributed by atoms with Crippen LogP contribution in [0.2, 0.25) is 0 Å². The SMILES string of the molecule is O=C(CCC(=O)C(=O)O)OCCOCCOCCOCCOCCOCCOCCOCCOC1CCCCO1. The molecule has 0 radical (unpaired) electrons. The smallest absolute Gasteiger partial charge is 0.372 e. The average molecular weight is 583 g/mol. The Bertz CT molecular complexity index is 627. The van der Waals surface area contributed by atoms with Crippen molar-refractivity contribution in [2.24, 2.45) is 0 Å². The van der Waals surface area contributed by atoms with E-state index >= 15 is 0 Å². The molecule has 234 valence electrons. The van der Waals surface area contributed by atoms with Crippen molar-refractivity contribution in [3.05, 3.63) is 0 Å². The molecule has 0 aromatic rings. The Balaban J connectivity index is 1.66. The maximum Gasteiger partial charge on any atom is 0.372 e. The van der Waals surface area contributed by atoms with Gasteiger partial charge < -0.3 is 52.5 Å². The quantitative estimate of drug-likeness (QED) is 0.0741. The zero-order chi connectivity index (χ0) is 28.9. The van der Waals surface area contributed by atoms with E-state index in [0.29, 0.717) is 92.5 Å². The zero-order valence-corrected chi connectivity index (χ0v) is 23.4. The van der Waals surface area contributed by atoms with E-state index in [-0.39, 0.29) is 32.3 Å². The van der Waals surface area contributed by atoms with Gasteiger partial charge in [0.25, 0.3) is 0 Å². The maximum atomic E-state index is 11.3. The van der Waals surface area contributed by atoms with Crippen LogP contribution in [-0.2, 0) is 61.8 Å². The molecule has 1 N–H and O–H groups in total. The van der Waals surface area contributed by atoms with E-state index in [1.54, 1.807) is 0 Å². The summed E-state index contributed by atoms with van der Waals surface area (Å²) in [4.78, 5) is 32.6. The summed E-state index contributed by atoms with van der Waals surface area (Å²) >= 11 is 0. The Kier molecular flexibility index (Phi) is 24.9. The fourth-order valence-corrected chi connectivity index (χ4v) is 3.11. The molecule has 0 amide bonds. The third kappa shape index (κ3) is 24.1. The van der Waals surface area contributed by atoms with Gasteiger partial charge >= 0.3 is 11.9 Å². The maximum absolute atomic E-state index is 11.3. The summed E-state index contributed by atoms with van der Waals surface area (Å²) in [5.74, 6) is -3.23. The summed E-state index contributed by atoms with van der Waals surface area (Å²) < 4.78 is 53.7. The van der Waals surface area contributed by atoms with Gasteiger partial charge in [0, 0.05) is 13.0 Å². The third-order valence-corrected chi connectivity index (χ3v) is 5.19. The summed E-state index contributed by atoms with van der Waals surface area (Å²) in [6, 6.07) is 0. The van der Waals surface area contributed by atoms with Crippen LogP contribution in [0.1, 0.15) is 32.1 Å². The third-order valence-electron chi connectivity index (χ3n) is 5.19. The molecule has 0 bridgehead atoms. The van der Waals surface area contributed by atoms with Crippen molar-refractivity contribution in [1.82, 2.24) is 0 Å². The number of carbonyl (C=O) groups is 3. The highest BCUT2D eigenvalue weighted by Gasteiger charge is 2.14. The van der Waals surface area contributed by atoms with Gasteiger partial charge in [0.1, 0.15) is 6.61 Å². The van der Waals surface area contributed by atoms with Crippen molar-refractivity contribution < 1.29 is 66.9 Å². The van der Waals surface area contributed by atoms with E-state index in [9.17, 15) is 14.4 Å². The van der Waals surface area contributed by atoms with Crippen LogP contribution in [0.5, 0.6) is 0 Å². The van der Waals surface area contributed by atoms with Crippen LogP contribution in [0, 0.1) is 0 Å². The second-order valence-electron chi connectivity index (χ2n) is 8.40. The van der Waals surface area contributed by atoms with Crippen LogP contribution < -0.4 is 0 Å². The largest absolute Gasteiger partial charge is 0.476 e. The molecule has 0 aromatic heterocycles. The van der Waals surface area contributed by atoms with Gasteiger partial charge in [0.2, 0.25) is 5.78 Å². The highest BCUT2D eigenvalue weighted by atomic mass is 16.7. The molecule has 14 nitrogen and oxygen atoms in total. The summed E-state index contributed by atoms with van der Waals surface area (Å²) in [6.07, 6.45) is 2.49. The molecule has 1 aliphatic heterocycles. The van der Waals surface area contributed by atoms with Crippen LogP contribution in [-0.4, -0.2) is 141 Å². The lowest BCUT2D eigenvalue weighted by Crippen LogP contribution is -2.24. The first-order valence-corrected chi connectivity index (χ1v) is 13.8. The van der Waals surface area contributed by atoms with E-state index in [1.165, 1.54) is 0 Å². The summed E-state index contributed by atoms with van der Waals surface area (Å²) in [7, 11) is 0. The van der Waals surface area contributed by atoms with Gasteiger partial charge in [0.05, 0.1) is 106 Å². The molecular formula is C26H46O14. The number of carboxylic acids is 1. The molecule has 0 saturated carbocycles. The van der Waals surface area contributed by atoms with E-state index in [4.69, 9.17) is 52.5 Å². The lowest BCUT2D eigenvalue weighted by Gasteiger charge is -2.22. The van der Waals surface area contributed by atoms with Crippen molar-refractivity contribution >= 4 is 17.7 Å². The Morgan fingerprint density at radius 1 is 0.575 bits per heavy atom. The topological polar surface area (TPSA) is 164 Å². The van der Waals surface area contributed by atoms with E-state index in [2.05, 4.69) is 0 Å². The molecule has 1 saturated heterocycles. The van der Waals surface area contributed by atoms with Gasteiger partial charge in [-0.1, -0.05) is 0 Å². The van der Waals surface area contributed by atoms with Crippen molar-refractivity contribution in [2.75, 3.05) is 112 Å². The number of ketones is 1. The van der Waals surface area contributed by atoms with Crippen LogP contribution in [0.3, 0.4) is 0 Å². The van der Waals surface area contributed by atoms with Crippen molar-refractivity contribution in [2.45, 2.75) is 38.4 Å². The second-order valence-corrected chi connectivity index (χ2v) is 8.40. The summed E-state index contributed by atoms with van der Waals surface area (Å²) in [6.45, 7) is 7.42. The highest BCUT2D eigenvalue weighted by Crippen LogP contribution is 2.13. The minimum Gasteiger partial charge on any atom is -0.476 e. The Morgan fingerprint density at radius 3 is 1.40 bits per heavy atom. The lowest BCUT2D eigenvalue weighted by atomic mass is 10.2. The van der Waals surface area contributed by atoms with Crippen LogP contribution >= 0.6 is 0 Å². The molecule has 0 aromatic carbocycles. The standard InChI is InChI=1S/C26H46O14/c27-23(26(29)30)4-5-24(28)38-21-19-36-17-15-34-13-11-32-9-7-31-8-10-33-12-14-35-16-18-37-20-22-40-25-3-1-2-6-39-25/h25H,1-22H2,(H,29,30). The normalized spacial score (nSPS) is 15.2. The monoisotopic (exact) mass is 582 g/mol. The molecule has 14 heteroatoms. The first-order valence-electron chi connectivity index (χ1n) is 13.8. The molecule has 1 atom stereocenters. The molecular weight excluding hydrogens is 536 g/mol. The van der Waals surface area contributed by atoms with Crippen LogP contribution in [0.25, 0.3) is 0 Å². The van der Waals surface area contributed by atoms with Gasteiger partial charge in [0.15, 0.2) is 6.29 Å². The van der Waals surface area contributed by atoms with Crippen LogP contribution in [0.4, 0.5) is 0 Å². The number of aliphatic carboxylic acids is 1. The van der Waals surface area contributed by atoms with Crippen molar-refractivity contribution in [1.29, 1.82) is 0 Å². The number of rotatable bonds is 29. The van der Waals surface area contributed by atoms with Gasteiger partial charge in [-0.15, -0.1) is 0 Å². The highest BCUT2D eigenvalue weighted by molar-refractivity contribution is 6.32. The molecule has 1 fully saturated rings. The number of hydrogen-bond acceptors (Lipinski definition) is 13. The Hall–Kier alpha value is -1.75. The molecule has 1 aliphatic rings. The van der Waals surface area contributed by atoms with Crippen LogP contribution in [0.15, 0.2) is 0 Å². The first kappa shape index (κ1) is 36.3. The number of Topliss-reactive ketones (excluding diaryl/α,β-unsaturated/α-hetero) is 1. The minimum atomic E-state index is -1.56. The number of carbonyl (C=O) groups excluding carboxylic acids is 2. The van der Waals surface area contributed by atoms with E-state index < -0.39 is 17.7 Å². The van der Waals surface area contributed by atoms with Gasteiger partial charge in [-0.05, 0) is 19.3 Å². The summed E-state index contributed by atoms with van der Waals surface area (Å²) in [5.41, 5.74) is 0. The number of esters is 1. The van der Waals surface area contributed by atoms with Gasteiger partial charge in [-0.2, -0.15) is 0 Å². The first-order chi connectivity index (χ1) is 19.6. The molecule has 1 heterocycles. The molecule has 1 rings (SSSR count). The predicted octanol–water partition coefficient (Wildman–Crippen LogP) is 0.623. The second kappa shape index (κ2) is 27.4. The Morgan fingerprint density at radius 2 is 1.00 bits per heavy atom. The predicted molar refractivity (Wildman–Crippen MR) is 138 cm³/mol. The van der Waals surface area contributed by atoms with E-state index in [0.717, 1.165) is 25.9 Å². The molecule has 40 heavy (non-hydrogen) atoms. The van der Waals surface area contributed by atoms with Gasteiger partial charge in [-0.25, -0.2) is 4.79 Å². The van der Waals surface area contributed by atoms with E-state index in [1.807, 2.05) is 0 Å². The van der Waals surface area contributed by atoms with Gasteiger partial charge in [-0.3, -0.25) is 9.59 Å². The number of ether oxygens (including phenoxy) is 10. The minimum absolute atomic E-state index is 0.0191. The number of hydrogen-bond donors (Lipinski definition) is 1. The number of carboxylic acid groups (broad SMARTS) is 1. The summed E-state index contributed by atoms with van der Waals surface area (Å²) in [5, 5.41) is 8.43. The lowest BCUT2D eigenvalue weighted by molar-refractivity contribution is -0.169.